The van der Waals surface area contributed by atoms with Crippen LogP contribution in [0.25, 0.3) is 0 Å². The fourth-order valence-electron chi connectivity index (χ4n) is 1.10. The average molecular weight is 217 g/mol. The lowest BCUT2D eigenvalue weighted by molar-refractivity contribution is -0.140. The number of hydrogen-bond acceptors (Lipinski definition) is 3. The number of carbonyl (C=O) groups excluding carboxylic acids is 1. The van der Waals surface area contributed by atoms with E-state index < -0.39 is 11.3 Å². The summed E-state index contributed by atoms with van der Waals surface area (Å²) in [5.41, 5.74) is 0.673. The monoisotopic (exact) mass is 216 g/mol. The van der Waals surface area contributed by atoms with E-state index in [9.17, 15) is 4.79 Å². The molecule has 1 rings (SSSR count). The third-order valence-electron chi connectivity index (χ3n) is 1.81. The second-order valence-electron chi connectivity index (χ2n) is 2.92. The fourth-order valence-corrected chi connectivity index (χ4v) is 1.30. The van der Waals surface area contributed by atoms with E-state index in [0.29, 0.717) is 5.56 Å². The van der Waals surface area contributed by atoms with E-state index in [1.165, 1.54) is 7.11 Å². The Hall–Kier alpha value is -1.03. The van der Waals surface area contributed by atoms with Gasteiger partial charge < -0.3 is 4.74 Å². The highest BCUT2D eigenvalue weighted by molar-refractivity contribution is 6.29. The first-order valence-corrected chi connectivity index (χ1v) is 4.87. The van der Waals surface area contributed by atoms with Gasteiger partial charge in [0.05, 0.1) is 13.3 Å². The molecule has 1 heterocycles. The van der Waals surface area contributed by atoms with Crippen molar-refractivity contribution in [2.75, 3.05) is 7.11 Å². The summed E-state index contributed by atoms with van der Waals surface area (Å²) in [6.45, 7) is 2.88. The van der Waals surface area contributed by atoms with Crippen molar-refractivity contribution in [3.63, 3.8) is 0 Å². The number of carbonyl (C=O) groups is 1. The Kier molecular flexibility index (Phi) is 3.95. The van der Waals surface area contributed by atoms with E-state index in [1.54, 1.807) is 17.1 Å². The lowest BCUT2D eigenvalue weighted by Gasteiger charge is -2.03. The number of ether oxygens (including phenoxy) is 1. The average Bonchev–Trinajstić information content (AvgIpc) is 2.64. The third kappa shape index (κ3) is 2.48. The van der Waals surface area contributed by atoms with Gasteiger partial charge in [0.25, 0.3) is 0 Å². The van der Waals surface area contributed by atoms with Gasteiger partial charge in [0.2, 0.25) is 0 Å². The Balaban J connectivity index is 2.70. The molecule has 4 nitrogen and oxygen atoms in total. The highest BCUT2D eigenvalue weighted by Gasteiger charge is 2.19. The minimum absolute atomic E-state index is 0.456. The van der Waals surface area contributed by atoms with Gasteiger partial charge in [-0.1, -0.05) is 6.92 Å². The van der Waals surface area contributed by atoms with Crippen LogP contribution in [0.2, 0.25) is 0 Å². The molecule has 1 atom stereocenters. The van der Waals surface area contributed by atoms with Crippen LogP contribution in [0.3, 0.4) is 0 Å². The maximum atomic E-state index is 11.1. The summed E-state index contributed by atoms with van der Waals surface area (Å²) in [6.07, 6.45) is 4.34. The molecular weight excluding hydrogens is 204 g/mol. The molecule has 1 aromatic rings. The molecule has 0 N–H and O–H groups in total. The Morgan fingerprint density at radius 2 is 2.50 bits per heavy atom. The van der Waals surface area contributed by atoms with Crippen LogP contribution in [-0.4, -0.2) is 22.9 Å². The normalized spacial score (nSPS) is 12.5. The molecular formula is C9H13ClN2O2. The summed E-state index contributed by atoms with van der Waals surface area (Å²) in [5, 5.41) is 3.31. The van der Waals surface area contributed by atoms with Crippen molar-refractivity contribution in [2.24, 2.45) is 0 Å². The molecule has 0 fully saturated rings. The number of methoxy groups -OCH3 is 1. The number of hydrogen-bond donors (Lipinski definition) is 0. The van der Waals surface area contributed by atoms with Crippen LogP contribution in [0.15, 0.2) is 12.4 Å². The first kappa shape index (κ1) is 11.0. The molecule has 0 amide bonds. The second kappa shape index (κ2) is 5.00. The highest BCUT2D eigenvalue weighted by Crippen LogP contribution is 2.20. The first-order valence-electron chi connectivity index (χ1n) is 4.43. The zero-order chi connectivity index (χ0) is 10.6. The molecule has 1 aromatic heterocycles. The third-order valence-corrected chi connectivity index (χ3v) is 2.24. The van der Waals surface area contributed by atoms with E-state index in [2.05, 4.69) is 16.8 Å². The smallest absolute Gasteiger partial charge is 0.328 e. The van der Waals surface area contributed by atoms with E-state index in [1.807, 2.05) is 0 Å². The number of nitrogens with zero attached hydrogens (tertiary/aromatic N) is 2. The zero-order valence-electron chi connectivity index (χ0n) is 8.24. The highest BCUT2D eigenvalue weighted by atomic mass is 35.5. The maximum Gasteiger partial charge on any atom is 0.328 e. The fraction of sp³-hybridized carbons (Fsp3) is 0.556. The Morgan fingerprint density at radius 1 is 1.79 bits per heavy atom. The number of alkyl halides is 1. The van der Waals surface area contributed by atoms with Crippen molar-refractivity contribution in [3.05, 3.63) is 18.0 Å². The summed E-state index contributed by atoms with van der Waals surface area (Å²) in [6, 6.07) is 0. The van der Waals surface area contributed by atoms with Crippen LogP contribution in [0.1, 0.15) is 24.3 Å². The number of aryl methyl sites for hydroxylation is 1. The quantitative estimate of drug-likeness (QED) is 0.569. The van der Waals surface area contributed by atoms with Gasteiger partial charge in [0, 0.05) is 18.3 Å². The van der Waals surface area contributed by atoms with Gasteiger partial charge in [-0.25, -0.2) is 0 Å². The predicted octanol–water partition coefficient (Wildman–Crippen LogP) is 1.75. The number of halogens is 1. The van der Waals surface area contributed by atoms with E-state index in [0.717, 1.165) is 13.0 Å². The van der Waals surface area contributed by atoms with Crippen LogP contribution in [0, 0.1) is 0 Å². The maximum absolute atomic E-state index is 11.1. The largest absolute Gasteiger partial charge is 0.468 e. The number of aromatic nitrogens is 2. The van der Waals surface area contributed by atoms with Crippen LogP contribution in [0.4, 0.5) is 0 Å². The van der Waals surface area contributed by atoms with Gasteiger partial charge in [-0.3, -0.25) is 9.48 Å². The van der Waals surface area contributed by atoms with Crippen molar-refractivity contribution in [1.82, 2.24) is 9.78 Å². The van der Waals surface area contributed by atoms with Crippen molar-refractivity contribution in [2.45, 2.75) is 25.3 Å². The van der Waals surface area contributed by atoms with Gasteiger partial charge >= 0.3 is 5.97 Å². The van der Waals surface area contributed by atoms with Gasteiger partial charge in [-0.05, 0) is 6.42 Å². The van der Waals surface area contributed by atoms with Gasteiger partial charge in [-0.15, -0.1) is 11.6 Å². The molecule has 0 spiro atoms. The van der Waals surface area contributed by atoms with Crippen molar-refractivity contribution < 1.29 is 9.53 Å². The minimum Gasteiger partial charge on any atom is -0.468 e. The molecule has 0 aliphatic rings. The van der Waals surface area contributed by atoms with E-state index >= 15 is 0 Å². The Morgan fingerprint density at radius 3 is 3.07 bits per heavy atom. The minimum atomic E-state index is -0.759. The molecule has 0 aliphatic carbocycles. The van der Waals surface area contributed by atoms with Crippen molar-refractivity contribution >= 4 is 17.6 Å². The standard InChI is InChI=1S/C9H13ClN2O2/c1-3-4-12-6-7(5-11-12)8(10)9(13)14-2/h5-6,8H,3-4H2,1-2H3. The molecule has 0 saturated carbocycles. The van der Waals surface area contributed by atoms with Crippen LogP contribution >= 0.6 is 11.6 Å². The molecule has 5 heteroatoms. The van der Waals surface area contributed by atoms with Crippen molar-refractivity contribution in [1.29, 1.82) is 0 Å². The molecule has 78 valence electrons. The SMILES string of the molecule is CCCn1cc(C(Cl)C(=O)OC)cn1. The lowest BCUT2D eigenvalue weighted by Crippen LogP contribution is -2.07. The van der Waals surface area contributed by atoms with E-state index in [4.69, 9.17) is 11.6 Å². The molecule has 0 bridgehead atoms. The Labute approximate surface area is 87.8 Å². The topological polar surface area (TPSA) is 44.1 Å². The molecule has 14 heavy (non-hydrogen) atoms. The van der Waals surface area contributed by atoms with E-state index in [-0.39, 0.29) is 0 Å². The van der Waals surface area contributed by atoms with Gasteiger partial charge in [-0.2, -0.15) is 5.10 Å². The Bertz CT molecular complexity index is 312. The van der Waals surface area contributed by atoms with Crippen molar-refractivity contribution in [3.8, 4) is 0 Å². The summed E-state index contributed by atoms with van der Waals surface area (Å²) in [7, 11) is 1.31. The summed E-state index contributed by atoms with van der Waals surface area (Å²) in [4.78, 5) is 11.1. The molecule has 0 aromatic carbocycles. The lowest BCUT2D eigenvalue weighted by atomic mass is 10.2. The summed E-state index contributed by atoms with van der Waals surface area (Å²) < 4.78 is 6.29. The number of esters is 1. The van der Waals surface area contributed by atoms with Crippen LogP contribution in [0.5, 0.6) is 0 Å². The van der Waals surface area contributed by atoms with Crippen LogP contribution < -0.4 is 0 Å². The summed E-state index contributed by atoms with van der Waals surface area (Å²) in [5.74, 6) is -0.456. The molecule has 0 saturated heterocycles. The summed E-state index contributed by atoms with van der Waals surface area (Å²) >= 11 is 5.84. The number of rotatable bonds is 4. The van der Waals surface area contributed by atoms with Gasteiger partial charge in [0.1, 0.15) is 0 Å². The second-order valence-corrected chi connectivity index (χ2v) is 3.36. The zero-order valence-corrected chi connectivity index (χ0v) is 8.99. The predicted molar refractivity (Wildman–Crippen MR) is 53.1 cm³/mol. The molecule has 1 unspecified atom stereocenters. The van der Waals surface area contributed by atoms with Gasteiger partial charge in [0.15, 0.2) is 5.38 Å². The first-order chi connectivity index (χ1) is 6.69. The molecule has 0 radical (unpaired) electrons. The molecule has 0 aliphatic heterocycles. The van der Waals surface area contributed by atoms with Crippen LogP contribution in [-0.2, 0) is 16.1 Å².